The fourth-order valence-corrected chi connectivity index (χ4v) is 1.86. The molecule has 0 aliphatic carbocycles. The second-order valence-electron chi connectivity index (χ2n) is 4.53. The van der Waals surface area contributed by atoms with E-state index in [-0.39, 0.29) is 17.7 Å². The number of rotatable bonds is 5. The van der Waals surface area contributed by atoms with E-state index in [1.165, 1.54) is 18.2 Å². The summed E-state index contributed by atoms with van der Waals surface area (Å²) in [6.07, 6.45) is 0. The van der Waals surface area contributed by atoms with Crippen molar-refractivity contribution < 1.29 is 19.0 Å². The van der Waals surface area contributed by atoms with Crippen LogP contribution in [0, 0.1) is 26.0 Å². The van der Waals surface area contributed by atoms with Gasteiger partial charge < -0.3 is 5.32 Å². The third-order valence-electron chi connectivity index (χ3n) is 2.98. The Morgan fingerprint density at radius 1 is 1.04 bits per heavy atom. The number of nitrogens with zero attached hydrogens (tertiary/aromatic N) is 2. The number of amides is 1. The van der Waals surface area contributed by atoms with Crippen LogP contribution in [-0.4, -0.2) is 15.8 Å². The van der Waals surface area contributed by atoms with Crippen LogP contribution in [-0.2, 0) is 6.54 Å². The zero-order chi connectivity index (χ0) is 17.0. The predicted octanol–water partition coefficient (Wildman–Crippen LogP) is 2.57. The topological polar surface area (TPSA) is 115 Å². The summed E-state index contributed by atoms with van der Waals surface area (Å²) in [4.78, 5) is 31.9. The van der Waals surface area contributed by atoms with E-state index in [0.29, 0.717) is 0 Å². The minimum absolute atomic E-state index is 0.151. The molecule has 0 radical (unpaired) electrons. The van der Waals surface area contributed by atoms with Crippen molar-refractivity contribution in [3.63, 3.8) is 0 Å². The first-order valence-corrected chi connectivity index (χ1v) is 6.34. The number of benzene rings is 2. The monoisotopic (exact) mass is 319 g/mol. The van der Waals surface area contributed by atoms with Gasteiger partial charge >= 0.3 is 0 Å². The van der Waals surface area contributed by atoms with E-state index < -0.39 is 32.9 Å². The van der Waals surface area contributed by atoms with Crippen molar-refractivity contribution >= 4 is 17.3 Å². The molecule has 0 unspecified atom stereocenters. The molecule has 2 rings (SSSR count). The lowest BCUT2D eigenvalue weighted by atomic mass is 10.1. The SMILES string of the molecule is O=C(NCc1ccccc1F)c1cc([N+](=O)[O-])cc([N+](=O)[O-])c1. The van der Waals surface area contributed by atoms with Gasteiger partial charge in [0.2, 0.25) is 0 Å². The average Bonchev–Trinajstić information content (AvgIpc) is 2.53. The van der Waals surface area contributed by atoms with Gasteiger partial charge in [0, 0.05) is 24.2 Å². The Balaban J connectivity index is 2.23. The Labute approximate surface area is 128 Å². The fraction of sp³-hybridized carbons (Fsp3) is 0.0714. The molecular weight excluding hydrogens is 309 g/mol. The highest BCUT2D eigenvalue weighted by Gasteiger charge is 2.19. The summed E-state index contributed by atoms with van der Waals surface area (Å²) < 4.78 is 13.5. The lowest BCUT2D eigenvalue weighted by molar-refractivity contribution is -0.394. The normalized spacial score (nSPS) is 10.1. The van der Waals surface area contributed by atoms with Crippen LogP contribution in [0.4, 0.5) is 15.8 Å². The highest BCUT2D eigenvalue weighted by Crippen LogP contribution is 2.22. The molecule has 2 aromatic rings. The van der Waals surface area contributed by atoms with Gasteiger partial charge in [0.15, 0.2) is 0 Å². The molecule has 0 aliphatic rings. The minimum atomic E-state index is -0.833. The van der Waals surface area contributed by atoms with Crippen LogP contribution in [0.25, 0.3) is 0 Å². The zero-order valence-electron chi connectivity index (χ0n) is 11.6. The van der Waals surface area contributed by atoms with Crippen molar-refractivity contribution in [1.29, 1.82) is 0 Å². The number of nitrogens with one attached hydrogen (secondary N) is 1. The second kappa shape index (κ2) is 6.60. The molecule has 1 amide bonds. The molecule has 9 heteroatoms. The molecule has 0 heterocycles. The predicted molar refractivity (Wildman–Crippen MR) is 77.3 cm³/mol. The van der Waals surface area contributed by atoms with Crippen molar-refractivity contribution in [3.05, 3.63) is 79.6 Å². The van der Waals surface area contributed by atoms with E-state index in [0.717, 1.165) is 18.2 Å². The molecule has 8 nitrogen and oxygen atoms in total. The van der Waals surface area contributed by atoms with Crippen LogP contribution >= 0.6 is 0 Å². The molecule has 0 saturated heterocycles. The third-order valence-corrected chi connectivity index (χ3v) is 2.98. The maximum atomic E-state index is 13.5. The Bertz CT molecular complexity index is 761. The molecule has 0 fully saturated rings. The Kier molecular flexibility index (Phi) is 4.60. The van der Waals surface area contributed by atoms with E-state index in [1.807, 2.05) is 0 Å². The van der Waals surface area contributed by atoms with Gasteiger partial charge in [-0.2, -0.15) is 0 Å². The molecule has 0 aromatic heterocycles. The van der Waals surface area contributed by atoms with E-state index in [9.17, 15) is 29.4 Å². The number of non-ortho nitro benzene ring substituents is 2. The van der Waals surface area contributed by atoms with Gasteiger partial charge in [0.05, 0.1) is 21.5 Å². The number of nitro groups is 2. The quantitative estimate of drug-likeness (QED) is 0.671. The molecular formula is C14H10FN3O5. The van der Waals surface area contributed by atoms with Crippen LogP contribution in [0.2, 0.25) is 0 Å². The van der Waals surface area contributed by atoms with Crippen molar-refractivity contribution in [1.82, 2.24) is 5.32 Å². The summed E-state index contributed by atoms with van der Waals surface area (Å²) >= 11 is 0. The van der Waals surface area contributed by atoms with E-state index in [2.05, 4.69) is 5.32 Å². The van der Waals surface area contributed by atoms with Crippen LogP contribution in [0.15, 0.2) is 42.5 Å². The van der Waals surface area contributed by atoms with Gasteiger partial charge in [-0.15, -0.1) is 0 Å². The van der Waals surface area contributed by atoms with Crippen molar-refractivity contribution in [2.24, 2.45) is 0 Å². The Morgan fingerprint density at radius 3 is 2.13 bits per heavy atom. The molecule has 2 aromatic carbocycles. The molecule has 0 bridgehead atoms. The van der Waals surface area contributed by atoms with E-state index >= 15 is 0 Å². The molecule has 0 atom stereocenters. The van der Waals surface area contributed by atoms with Crippen LogP contribution in [0.1, 0.15) is 15.9 Å². The standard InChI is InChI=1S/C14H10FN3O5/c15-13-4-2-1-3-9(13)8-16-14(19)10-5-11(17(20)21)7-12(6-10)18(22)23/h1-7H,8H2,(H,16,19). The Morgan fingerprint density at radius 2 is 1.61 bits per heavy atom. The molecule has 0 spiro atoms. The maximum Gasteiger partial charge on any atom is 0.277 e. The maximum absolute atomic E-state index is 13.5. The average molecular weight is 319 g/mol. The lowest BCUT2D eigenvalue weighted by Crippen LogP contribution is -2.23. The molecule has 23 heavy (non-hydrogen) atoms. The molecule has 0 aliphatic heterocycles. The van der Waals surface area contributed by atoms with Gasteiger partial charge in [0.25, 0.3) is 17.3 Å². The van der Waals surface area contributed by atoms with Gasteiger partial charge in [-0.3, -0.25) is 25.0 Å². The van der Waals surface area contributed by atoms with Gasteiger partial charge in [0.1, 0.15) is 5.82 Å². The first-order chi connectivity index (χ1) is 10.9. The summed E-state index contributed by atoms with van der Waals surface area (Å²) in [6.45, 7) is -0.151. The number of nitro benzene ring substituents is 2. The van der Waals surface area contributed by atoms with Gasteiger partial charge in [-0.1, -0.05) is 18.2 Å². The molecule has 118 valence electrons. The van der Waals surface area contributed by atoms with Crippen molar-refractivity contribution in [3.8, 4) is 0 Å². The zero-order valence-corrected chi connectivity index (χ0v) is 11.6. The van der Waals surface area contributed by atoms with E-state index in [4.69, 9.17) is 0 Å². The first-order valence-electron chi connectivity index (χ1n) is 6.34. The number of hydrogen-bond donors (Lipinski definition) is 1. The van der Waals surface area contributed by atoms with Crippen molar-refractivity contribution in [2.45, 2.75) is 6.54 Å². The van der Waals surface area contributed by atoms with Gasteiger partial charge in [-0.05, 0) is 6.07 Å². The van der Waals surface area contributed by atoms with Crippen LogP contribution in [0.5, 0.6) is 0 Å². The number of carbonyl (C=O) groups excluding carboxylic acids is 1. The Hall–Kier alpha value is -3.36. The second-order valence-corrected chi connectivity index (χ2v) is 4.53. The summed E-state index contributed by atoms with van der Waals surface area (Å²) in [5, 5.41) is 23.9. The lowest BCUT2D eigenvalue weighted by Gasteiger charge is -2.06. The number of hydrogen-bond acceptors (Lipinski definition) is 5. The number of carbonyl (C=O) groups is 1. The van der Waals surface area contributed by atoms with Crippen LogP contribution in [0.3, 0.4) is 0 Å². The van der Waals surface area contributed by atoms with E-state index in [1.54, 1.807) is 6.07 Å². The van der Waals surface area contributed by atoms with Gasteiger partial charge in [-0.25, -0.2) is 4.39 Å². The fourth-order valence-electron chi connectivity index (χ4n) is 1.86. The third kappa shape index (κ3) is 3.84. The summed E-state index contributed by atoms with van der Waals surface area (Å²) in [5.74, 6) is -1.29. The largest absolute Gasteiger partial charge is 0.348 e. The number of halogens is 1. The van der Waals surface area contributed by atoms with Crippen molar-refractivity contribution in [2.75, 3.05) is 0 Å². The molecule has 1 N–H and O–H groups in total. The summed E-state index contributed by atoms with van der Waals surface area (Å²) in [5.41, 5.74) is -1.17. The highest BCUT2D eigenvalue weighted by molar-refractivity contribution is 5.95. The van der Waals surface area contributed by atoms with Crippen LogP contribution < -0.4 is 5.32 Å². The summed E-state index contributed by atoms with van der Waals surface area (Å²) in [6, 6.07) is 8.36. The summed E-state index contributed by atoms with van der Waals surface area (Å²) in [7, 11) is 0. The molecule has 0 saturated carbocycles. The smallest absolute Gasteiger partial charge is 0.277 e. The highest BCUT2D eigenvalue weighted by atomic mass is 19.1. The minimum Gasteiger partial charge on any atom is -0.348 e. The first kappa shape index (κ1) is 16.0.